The summed E-state index contributed by atoms with van der Waals surface area (Å²) in [5.74, 6) is -6.18. The first-order valence-corrected chi connectivity index (χ1v) is 27.7. The van der Waals surface area contributed by atoms with E-state index in [1.54, 1.807) is 25.1 Å². The van der Waals surface area contributed by atoms with E-state index in [0.717, 1.165) is 0 Å². The number of aryl methyl sites for hydroxylation is 1. The minimum absolute atomic E-state index is 0.0110. The van der Waals surface area contributed by atoms with Crippen molar-refractivity contribution >= 4 is 46.6 Å². The fourth-order valence-corrected chi connectivity index (χ4v) is 8.68. The van der Waals surface area contributed by atoms with E-state index in [-0.39, 0.29) is 147 Å². The first kappa shape index (κ1) is 73.9. The summed E-state index contributed by atoms with van der Waals surface area (Å²) in [6.45, 7) is -0.863. The molecule has 8 aromatic rings. The van der Waals surface area contributed by atoms with Gasteiger partial charge in [0.05, 0.1) is 75.7 Å². The van der Waals surface area contributed by atoms with Gasteiger partial charge in [0.15, 0.2) is 74.8 Å². The Kier molecular flexibility index (Phi) is 26.5. The van der Waals surface area contributed by atoms with Crippen LogP contribution in [0.4, 0.5) is 0 Å². The van der Waals surface area contributed by atoms with Gasteiger partial charge in [-0.1, -0.05) is 12.1 Å². The molecule has 8 rings (SSSR count). The van der Waals surface area contributed by atoms with Gasteiger partial charge in [-0.2, -0.15) is 0 Å². The second-order valence-electron chi connectivity index (χ2n) is 19.9. The molecule has 0 radical (unpaired) electrons. The summed E-state index contributed by atoms with van der Waals surface area (Å²) >= 11 is 0. The smallest absolute Gasteiger partial charge is 0.233 e. The molecule has 26 nitrogen and oxygen atoms in total. The van der Waals surface area contributed by atoms with E-state index in [1.165, 1.54) is 158 Å². The van der Waals surface area contributed by atoms with Gasteiger partial charge in [-0.15, -0.1) is 0 Å². The molecule has 0 unspecified atom stereocenters. The van der Waals surface area contributed by atoms with Crippen LogP contribution in [0.15, 0.2) is 127 Å². The van der Waals surface area contributed by atoms with E-state index in [4.69, 9.17) is 33.5 Å². The fourth-order valence-electron chi connectivity index (χ4n) is 8.68. The third-order valence-corrected chi connectivity index (χ3v) is 13.9. The minimum atomic E-state index is -0.873. The maximum Gasteiger partial charge on any atom is 0.233 e. The van der Waals surface area contributed by atoms with Gasteiger partial charge in [-0.3, -0.25) is 33.6 Å². The second kappa shape index (κ2) is 34.0. The number of aliphatic hydroxyl groups is 5. The lowest BCUT2D eigenvalue weighted by atomic mass is 9.96. The van der Waals surface area contributed by atoms with Gasteiger partial charge >= 0.3 is 0 Å². The molecule has 0 aliphatic heterocycles. The Morgan fingerprint density at radius 2 is 0.579 bits per heavy atom. The Labute approximate surface area is 541 Å². The number of Topliss-reactive ketones (excluding diaryl/α,β-unsaturated/α-hetero) is 6. The molecule has 0 aromatic heterocycles. The molecule has 26 heteroatoms. The third kappa shape index (κ3) is 18.0. The number of aliphatic hydroxyl groups excluding tert-OH is 5. The second-order valence-corrected chi connectivity index (χ2v) is 19.9. The zero-order valence-electron chi connectivity index (χ0n) is 51.9. The van der Waals surface area contributed by atoms with Crippen molar-refractivity contribution in [3.05, 3.63) is 205 Å². The molecule has 0 saturated carbocycles. The van der Waals surface area contributed by atoms with Gasteiger partial charge in [0.2, 0.25) is 34.7 Å². The number of carbonyl (C=O) groups is 7. The van der Waals surface area contributed by atoms with Crippen molar-refractivity contribution in [3.8, 4) is 80.5 Å². The minimum Gasteiger partial charge on any atom is -0.508 e. The van der Waals surface area contributed by atoms with Gasteiger partial charge in [0.1, 0.15) is 11.5 Å². The van der Waals surface area contributed by atoms with E-state index in [9.17, 15) is 94.8 Å². The zero-order valence-corrected chi connectivity index (χ0v) is 51.9. The summed E-state index contributed by atoms with van der Waals surface area (Å²) in [4.78, 5) is 86.4. The Morgan fingerprint density at radius 1 is 0.305 bits per heavy atom. The van der Waals surface area contributed by atoms with Crippen LogP contribution < -0.4 is 28.4 Å². The number of benzene rings is 8. The summed E-state index contributed by atoms with van der Waals surface area (Å²) in [6, 6.07) is 26.4. The van der Waals surface area contributed by atoms with Crippen molar-refractivity contribution in [2.75, 3.05) is 42.7 Å². The summed E-state index contributed by atoms with van der Waals surface area (Å²) in [5, 5.41) is 123. The molecule has 0 bridgehead atoms. The number of carbonyl (C=O) groups excluding carboxylic acids is 7. The maximum atomic E-state index is 12.5. The highest BCUT2D eigenvalue weighted by Crippen LogP contribution is 2.36. The standard InChI is InChI=1S/C18H18O7.C18H18O6.C17H16O7.C16H14O6/c1-9-3-10(4-12(7-19)15(9)21)17(23)18(24)11-5-13(8-20)16(22)14(6-11)25-2;1-23-16-7-11(4-6-15(16)21)3-5-14(20)12-8-13(10-19)18(22)17(9-12)24-2;1-23-13-6-9(3-4-12(13)19)16(21)17(22)10-5-11(8-18)15(20)14(7-10)24-2;1-22-14-7-10(3-5-13(14)19)16(21)15(20)9-2-4-12(18)11(6-9)8-17/h3-6,19-22H,7-8H2,1-2H3;3-9,19,21-22H,10H2,1-2H3;3-7,18-20H,8H2,1-2H3;2-7,17-19H,8H2,1H3/b;5-3+;;. The maximum absolute atomic E-state index is 12.5. The Bertz CT molecular complexity index is 4080. The van der Waals surface area contributed by atoms with Crippen LogP contribution in [0.2, 0.25) is 0 Å². The molecule has 498 valence electrons. The van der Waals surface area contributed by atoms with E-state index in [1.807, 2.05) is 0 Å². The van der Waals surface area contributed by atoms with Crippen LogP contribution in [0.1, 0.15) is 111 Å². The van der Waals surface area contributed by atoms with Crippen molar-refractivity contribution in [2.24, 2.45) is 0 Å². The number of ketones is 7. The average molecular weight is 1310 g/mol. The van der Waals surface area contributed by atoms with Crippen LogP contribution in [0.5, 0.6) is 80.5 Å². The van der Waals surface area contributed by atoms with Crippen LogP contribution in [-0.4, -0.2) is 150 Å². The lowest BCUT2D eigenvalue weighted by Crippen LogP contribution is -2.16. The largest absolute Gasteiger partial charge is 0.508 e. The van der Waals surface area contributed by atoms with Crippen LogP contribution in [0.3, 0.4) is 0 Å². The summed E-state index contributed by atoms with van der Waals surface area (Å²) in [5.41, 5.74) is 1.98. The molecule has 0 aliphatic rings. The summed E-state index contributed by atoms with van der Waals surface area (Å²) in [6.07, 6.45) is 2.92. The van der Waals surface area contributed by atoms with Gasteiger partial charge < -0.3 is 94.8 Å². The SMILES string of the molecule is COc1cc(/C=C/C(=O)c2cc(CO)c(O)c(OC)c2)ccc1O.COc1cc(C(=O)C(=O)c2cc(C)c(O)c(CO)c2)cc(CO)c1O.COc1cc(C(=O)C(=O)c2cc(CO)c(O)c(OC)c2)ccc1O.COc1cc(C(=O)C(=O)c2ccc(O)c(CO)c2)ccc1O. The molecule has 0 spiro atoms. The van der Waals surface area contributed by atoms with Crippen LogP contribution in [-0.2, 0) is 33.0 Å². The highest BCUT2D eigenvalue weighted by Gasteiger charge is 2.26. The van der Waals surface area contributed by atoms with Gasteiger partial charge in [-0.25, -0.2) is 0 Å². The normalized spacial score (nSPS) is 10.5. The molecule has 95 heavy (non-hydrogen) atoms. The Morgan fingerprint density at radius 3 is 0.947 bits per heavy atom. The van der Waals surface area contributed by atoms with E-state index < -0.39 is 67.7 Å². The van der Waals surface area contributed by atoms with Crippen molar-refractivity contribution in [1.82, 2.24) is 0 Å². The molecule has 0 saturated heterocycles. The molecule has 13 N–H and O–H groups in total. The third-order valence-electron chi connectivity index (χ3n) is 13.9. The van der Waals surface area contributed by atoms with Crippen LogP contribution in [0, 0.1) is 6.92 Å². The molecule has 0 amide bonds. The number of rotatable bonds is 23. The number of hydrogen-bond donors (Lipinski definition) is 13. The number of phenols is 8. The van der Waals surface area contributed by atoms with Crippen molar-refractivity contribution in [1.29, 1.82) is 0 Å². The molecule has 0 heterocycles. The number of aromatic hydroxyl groups is 8. The molecule has 0 atom stereocenters. The number of ether oxygens (including phenoxy) is 6. The van der Waals surface area contributed by atoms with Crippen LogP contribution in [0.25, 0.3) is 6.08 Å². The number of phenolic OH excluding ortho intramolecular Hbond substituents is 3. The summed E-state index contributed by atoms with van der Waals surface area (Å²) < 4.78 is 29.7. The average Bonchev–Trinajstić information content (AvgIpc) is 0.839. The lowest BCUT2D eigenvalue weighted by molar-refractivity contribution is 0.0816. The lowest BCUT2D eigenvalue weighted by Gasteiger charge is -2.11. The van der Waals surface area contributed by atoms with E-state index in [2.05, 4.69) is 0 Å². The molecule has 0 fully saturated rings. The van der Waals surface area contributed by atoms with Crippen LogP contribution >= 0.6 is 0 Å². The van der Waals surface area contributed by atoms with Crippen molar-refractivity contribution in [2.45, 2.75) is 40.0 Å². The summed E-state index contributed by atoms with van der Waals surface area (Å²) in [7, 11) is 8.03. The highest BCUT2D eigenvalue weighted by molar-refractivity contribution is 6.50. The number of hydrogen-bond acceptors (Lipinski definition) is 26. The monoisotopic (exact) mass is 1310 g/mol. The Balaban J connectivity index is 0.000000229. The van der Waals surface area contributed by atoms with E-state index in [0.29, 0.717) is 16.9 Å². The molecule has 0 aliphatic carbocycles. The topological polar surface area (TPSA) is 438 Å². The van der Waals surface area contributed by atoms with Crippen molar-refractivity contribution in [3.63, 3.8) is 0 Å². The molecular weight excluding hydrogens is 1240 g/mol. The quantitative estimate of drug-likeness (QED) is 0.0170. The predicted octanol–water partition coefficient (Wildman–Crippen LogP) is 7.31. The van der Waals surface area contributed by atoms with Crippen molar-refractivity contribution < 1.29 is 128 Å². The first-order valence-electron chi connectivity index (χ1n) is 27.7. The highest BCUT2D eigenvalue weighted by atomic mass is 16.5. The number of allylic oxidation sites excluding steroid dienone is 1. The van der Waals surface area contributed by atoms with Gasteiger partial charge in [-0.05, 0) is 139 Å². The fraction of sp³-hybridized carbons (Fsp3) is 0.174. The van der Waals surface area contributed by atoms with Gasteiger partial charge in [0, 0.05) is 66.8 Å². The molecular formula is C69H66O26. The Hall–Kier alpha value is -11.8. The molecule has 8 aromatic carbocycles. The first-order chi connectivity index (χ1) is 45.2. The predicted molar refractivity (Wildman–Crippen MR) is 338 cm³/mol. The van der Waals surface area contributed by atoms with E-state index >= 15 is 0 Å². The zero-order chi connectivity index (χ0) is 70.5. The van der Waals surface area contributed by atoms with Gasteiger partial charge in [0.25, 0.3) is 0 Å². The number of methoxy groups -OCH3 is 6.